The second-order valence-corrected chi connectivity index (χ2v) is 9.41. The second-order valence-electron chi connectivity index (χ2n) is 7.44. The van der Waals surface area contributed by atoms with E-state index >= 15 is 0 Å². The Hall–Kier alpha value is -2.75. The van der Waals surface area contributed by atoms with Crippen LogP contribution in [0.25, 0.3) is 10.9 Å². The van der Waals surface area contributed by atoms with Crippen molar-refractivity contribution in [1.82, 2.24) is 18.6 Å². The number of fused-ring (bicyclic) bond motifs is 1. The Bertz CT molecular complexity index is 1140. The maximum Gasteiger partial charge on any atom is 0.305 e. The van der Waals surface area contributed by atoms with E-state index in [0.717, 1.165) is 32.0 Å². The molecule has 0 fully saturated rings. The van der Waals surface area contributed by atoms with Crippen LogP contribution in [-0.4, -0.2) is 56.0 Å². The van der Waals surface area contributed by atoms with Crippen LogP contribution >= 0.6 is 0 Å². The molecule has 0 amide bonds. The Kier molecular flexibility index (Phi) is 7.42. The van der Waals surface area contributed by atoms with E-state index in [1.807, 2.05) is 36.5 Å². The van der Waals surface area contributed by atoms with Gasteiger partial charge in [-0.1, -0.05) is 18.2 Å². The third-order valence-corrected chi connectivity index (χ3v) is 6.69. The molecule has 31 heavy (non-hydrogen) atoms. The molecule has 8 nitrogen and oxygen atoms in total. The largest absolute Gasteiger partial charge is 0.469 e. The van der Waals surface area contributed by atoms with Gasteiger partial charge in [-0.25, -0.2) is 4.72 Å². The number of hydrogen-bond acceptors (Lipinski definition) is 5. The lowest BCUT2D eigenvalue weighted by atomic mass is 10.1. The van der Waals surface area contributed by atoms with Crippen molar-refractivity contribution in [2.45, 2.75) is 25.8 Å². The van der Waals surface area contributed by atoms with Crippen molar-refractivity contribution in [2.75, 3.05) is 27.7 Å². The molecule has 0 spiro atoms. The van der Waals surface area contributed by atoms with Gasteiger partial charge in [0.25, 0.3) is 10.2 Å². The Morgan fingerprint density at radius 2 is 2.00 bits per heavy atom. The van der Waals surface area contributed by atoms with Gasteiger partial charge in [0.1, 0.15) is 0 Å². The minimum atomic E-state index is -3.47. The van der Waals surface area contributed by atoms with Crippen molar-refractivity contribution in [1.29, 1.82) is 0 Å². The van der Waals surface area contributed by atoms with E-state index in [1.54, 1.807) is 6.20 Å². The maximum absolute atomic E-state index is 12.0. The van der Waals surface area contributed by atoms with E-state index in [4.69, 9.17) is 4.74 Å². The predicted octanol–water partition coefficient (Wildman–Crippen LogP) is 2.13. The lowest BCUT2D eigenvalue weighted by Gasteiger charge is -2.13. The smallest absolute Gasteiger partial charge is 0.305 e. The van der Waals surface area contributed by atoms with Crippen LogP contribution in [-0.2, 0) is 39.1 Å². The number of carbonyl (C=O) groups is 1. The molecule has 0 aliphatic heterocycles. The normalized spacial score (nSPS) is 11.9. The molecule has 3 aromatic rings. The van der Waals surface area contributed by atoms with Gasteiger partial charge in [0.2, 0.25) is 0 Å². The fourth-order valence-electron chi connectivity index (χ4n) is 3.46. The number of benzene rings is 1. The monoisotopic (exact) mass is 444 g/mol. The molecule has 0 saturated heterocycles. The molecule has 0 saturated carbocycles. The number of aromatic nitrogens is 2. The van der Waals surface area contributed by atoms with E-state index in [9.17, 15) is 13.2 Å². The number of carbonyl (C=O) groups excluding carboxylic acids is 1. The van der Waals surface area contributed by atoms with Crippen LogP contribution in [0.15, 0.2) is 48.8 Å². The molecule has 3 rings (SSSR count). The van der Waals surface area contributed by atoms with Crippen LogP contribution in [0.2, 0.25) is 0 Å². The third kappa shape index (κ3) is 5.69. The molecule has 0 aliphatic rings. The fourth-order valence-corrected chi connectivity index (χ4v) is 4.08. The topological polar surface area (TPSA) is 93.5 Å². The summed E-state index contributed by atoms with van der Waals surface area (Å²) in [5.41, 5.74) is 4.16. The van der Waals surface area contributed by atoms with Gasteiger partial charge in [-0.2, -0.15) is 12.7 Å². The zero-order valence-electron chi connectivity index (χ0n) is 18.0. The standard InChI is InChI=1S/C22H28N4O4S/c1-25(2)31(28,29)24-13-11-18-7-4-8-21-20(18)14-19(9-10-22(27)30-3)26(21)16-17-6-5-12-23-15-17/h4-8,12,14-15,24H,9-11,13,16H2,1-3H3. The lowest BCUT2D eigenvalue weighted by Crippen LogP contribution is -2.36. The molecule has 0 atom stereocenters. The van der Waals surface area contributed by atoms with E-state index in [0.29, 0.717) is 25.9 Å². The summed E-state index contributed by atoms with van der Waals surface area (Å²) in [5.74, 6) is -0.253. The van der Waals surface area contributed by atoms with Gasteiger partial charge in [0, 0.05) is 56.2 Å². The first-order valence-electron chi connectivity index (χ1n) is 10.0. The van der Waals surface area contributed by atoms with Crippen LogP contribution in [0.4, 0.5) is 0 Å². The third-order valence-electron chi connectivity index (χ3n) is 5.16. The maximum atomic E-state index is 12.0. The number of nitrogens with zero attached hydrogens (tertiary/aromatic N) is 3. The van der Waals surface area contributed by atoms with E-state index in [2.05, 4.69) is 20.3 Å². The lowest BCUT2D eigenvalue weighted by molar-refractivity contribution is -0.140. The van der Waals surface area contributed by atoms with Crippen molar-refractivity contribution in [2.24, 2.45) is 0 Å². The number of pyridine rings is 1. The number of nitrogens with one attached hydrogen (secondary N) is 1. The summed E-state index contributed by atoms with van der Waals surface area (Å²) in [4.78, 5) is 15.9. The first kappa shape index (κ1) is 22.9. The quantitative estimate of drug-likeness (QED) is 0.484. The minimum Gasteiger partial charge on any atom is -0.469 e. The summed E-state index contributed by atoms with van der Waals surface area (Å²) in [6.07, 6.45) is 4.96. The molecule has 9 heteroatoms. The van der Waals surface area contributed by atoms with Crippen molar-refractivity contribution in [3.63, 3.8) is 0 Å². The molecule has 1 aromatic carbocycles. The van der Waals surface area contributed by atoms with Crippen LogP contribution < -0.4 is 4.72 Å². The Morgan fingerprint density at radius 1 is 1.19 bits per heavy atom. The van der Waals surface area contributed by atoms with Gasteiger partial charge in [0.15, 0.2) is 0 Å². The van der Waals surface area contributed by atoms with E-state index in [1.165, 1.54) is 21.2 Å². The highest BCUT2D eigenvalue weighted by atomic mass is 32.2. The molecule has 2 aromatic heterocycles. The molecule has 0 unspecified atom stereocenters. The average molecular weight is 445 g/mol. The first-order chi connectivity index (χ1) is 14.8. The molecule has 0 radical (unpaired) electrons. The fraction of sp³-hybridized carbons (Fsp3) is 0.364. The van der Waals surface area contributed by atoms with Crippen LogP contribution in [0.3, 0.4) is 0 Å². The summed E-state index contributed by atoms with van der Waals surface area (Å²) >= 11 is 0. The van der Waals surface area contributed by atoms with E-state index in [-0.39, 0.29) is 12.4 Å². The van der Waals surface area contributed by atoms with Gasteiger partial charge in [0.05, 0.1) is 13.5 Å². The molecular weight excluding hydrogens is 416 g/mol. The van der Waals surface area contributed by atoms with Gasteiger partial charge in [-0.05, 0) is 42.2 Å². The Balaban J connectivity index is 1.92. The number of hydrogen-bond donors (Lipinski definition) is 1. The SMILES string of the molecule is COC(=O)CCc1cc2c(CCNS(=O)(=O)N(C)C)cccc2n1Cc1cccnc1. The summed E-state index contributed by atoms with van der Waals surface area (Å²) in [5, 5.41) is 1.05. The summed E-state index contributed by atoms with van der Waals surface area (Å²) in [6, 6.07) is 12.0. The van der Waals surface area contributed by atoms with Crippen molar-refractivity contribution < 1.29 is 17.9 Å². The van der Waals surface area contributed by atoms with Crippen LogP contribution in [0, 0.1) is 0 Å². The molecule has 0 aliphatic carbocycles. The Labute approximate surface area is 183 Å². The van der Waals surface area contributed by atoms with Gasteiger partial charge < -0.3 is 9.30 Å². The highest BCUT2D eigenvalue weighted by molar-refractivity contribution is 7.87. The van der Waals surface area contributed by atoms with E-state index < -0.39 is 10.2 Å². The average Bonchev–Trinajstić information content (AvgIpc) is 3.10. The zero-order valence-corrected chi connectivity index (χ0v) is 18.9. The summed E-state index contributed by atoms with van der Waals surface area (Å²) in [7, 11) is 0.913. The number of methoxy groups -OCH3 is 1. The van der Waals surface area contributed by atoms with Gasteiger partial charge in [-0.3, -0.25) is 9.78 Å². The molecule has 166 valence electrons. The Morgan fingerprint density at radius 3 is 2.68 bits per heavy atom. The van der Waals surface area contributed by atoms with Crippen LogP contribution in [0.1, 0.15) is 23.2 Å². The first-order valence-corrected chi connectivity index (χ1v) is 11.5. The van der Waals surface area contributed by atoms with Crippen molar-refractivity contribution in [3.05, 3.63) is 65.6 Å². The number of aryl methyl sites for hydroxylation is 1. The molecule has 0 bridgehead atoms. The second kappa shape index (κ2) is 10.0. The van der Waals surface area contributed by atoms with Gasteiger partial charge in [-0.15, -0.1) is 0 Å². The molecular formula is C22H28N4O4S. The highest BCUT2D eigenvalue weighted by Crippen LogP contribution is 2.26. The molecule has 1 N–H and O–H groups in total. The van der Waals surface area contributed by atoms with Crippen molar-refractivity contribution >= 4 is 27.1 Å². The van der Waals surface area contributed by atoms with Crippen LogP contribution in [0.5, 0.6) is 0 Å². The molecule has 2 heterocycles. The predicted molar refractivity (Wildman–Crippen MR) is 120 cm³/mol. The highest BCUT2D eigenvalue weighted by Gasteiger charge is 2.15. The summed E-state index contributed by atoms with van der Waals surface area (Å²) < 4.78 is 34.7. The summed E-state index contributed by atoms with van der Waals surface area (Å²) in [6.45, 7) is 0.926. The van der Waals surface area contributed by atoms with Crippen molar-refractivity contribution in [3.8, 4) is 0 Å². The minimum absolute atomic E-state index is 0.253. The number of esters is 1. The number of rotatable bonds is 10. The van der Waals surface area contributed by atoms with Gasteiger partial charge >= 0.3 is 5.97 Å². The number of ether oxygens (including phenoxy) is 1. The zero-order chi connectivity index (χ0) is 22.4.